The number of hydrogen-bond donors (Lipinski definition) is 0. The van der Waals surface area contributed by atoms with Crippen LogP contribution in [0.1, 0.15) is 0 Å². The van der Waals surface area contributed by atoms with Gasteiger partial charge in [0.1, 0.15) is 23.0 Å². The van der Waals surface area contributed by atoms with Crippen LogP contribution in [0.15, 0.2) is 224 Å². The molecule has 4 heterocycles. The molecule has 10 aromatic carbocycles. The van der Waals surface area contributed by atoms with Gasteiger partial charge in [0.2, 0.25) is 0 Å². The number of benzene rings is 10. The summed E-state index contributed by atoms with van der Waals surface area (Å²) in [7, 11) is 0. The molecule has 302 valence electrons. The van der Waals surface area contributed by atoms with Gasteiger partial charge in [-0.1, -0.05) is 152 Å². The predicted molar refractivity (Wildman–Crippen MR) is 269 cm³/mol. The van der Waals surface area contributed by atoms with Crippen LogP contribution in [0.3, 0.4) is 0 Å². The van der Waals surface area contributed by atoms with Crippen molar-refractivity contribution in [2.24, 2.45) is 0 Å². The molecular weight excluding hydrogens is 791 g/mol. The summed E-state index contributed by atoms with van der Waals surface area (Å²) < 4.78 is 18.8. The highest BCUT2D eigenvalue weighted by Crippen LogP contribution is 2.42. The zero-order chi connectivity index (χ0) is 42.6. The molecule has 2 aliphatic rings. The molecule has 0 saturated heterocycles. The standard InChI is InChI=1S/C60H37BN2O2/c1-4-14-38(15-5-1)42-24-28-50-56(34-42)64-58-36-45(37-59-60(58)61(50)51-29-25-43(35-57(51)65-59)39-16-6-2-7-17-39)63-53-23-13-11-21-47(53)49-33-41(27-31-55(49)63)40-26-30-54-48(32-40)46-20-10-12-22-52(46)62(54)44-18-8-3-9-19-44/h1-37H. The highest BCUT2D eigenvalue weighted by molar-refractivity contribution is 6.98. The van der Waals surface area contributed by atoms with Gasteiger partial charge in [-0.3, -0.25) is 0 Å². The van der Waals surface area contributed by atoms with E-state index in [9.17, 15) is 0 Å². The molecule has 2 aromatic heterocycles. The Morgan fingerprint density at radius 2 is 0.677 bits per heavy atom. The van der Waals surface area contributed by atoms with Crippen molar-refractivity contribution >= 4 is 66.7 Å². The Morgan fingerprint density at radius 1 is 0.277 bits per heavy atom. The minimum Gasteiger partial charge on any atom is -0.458 e. The van der Waals surface area contributed by atoms with Gasteiger partial charge in [0.25, 0.3) is 6.71 Å². The average Bonchev–Trinajstić information content (AvgIpc) is 3.89. The molecular formula is C60H37BN2O2. The third kappa shape index (κ3) is 5.52. The van der Waals surface area contributed by atoms with E-state index in [0.29, 0.717) is 0 Å². The maximum absolute atomic E-state index is 7.03. The van der Waals surface area contributed by atoms with Crippen molar-refractivity contribution in [2.75, 3.05) is 0 Å². The zero-order valence-corrected chi connectivity index (χ0v) is 35.2. The van der Waals surface area contributed by atoms with Gasteiger partial charge in [0.05, 0.1) is 27.8 Å². The van der Waals surface area contributed by atoms with Gasteiger partial charge >= 0.3 is 0 Å². The van der Waals surface area contributed by atoms with Crippen LogP contribution in [0.2, 0.25) is 0 Å². The van der Waals surface area contributed by atoms with Crippen LogP contribution in [0.25, 0.3) is 88.4 Å². The van der Waals surface area contributed by atoms with Gasteiger partial charge in [-0.2, -0.15) is 0 Å². The fourth-order valence-corrected chi connectivity index (χ4v) is 10.7. The largest absolute Gasteiger partial charge is 0.458 e. The smallest absolute Gasteiger partial charge is 0.260 e. The Balaban J connectivity index is 0.937. The Kier molecular flexibility index (Phi) is 7.75. The first kappa shape index (κ1) is 36.0. The van der Waals surface area contributed by atoms with Crippen molar-refractivity contribution in [3.05, 3.63) is 224 Å². The van der Waals surface area contributed by atoms with Gasteiger partial charge in [-0.15, -0.1) is 0 Å². The Bertz CT molecular complexity index is 3780. The number of rotatable bonds is 5. The van der Waals surface area contributed by atoms with E-state index in [4.69, 9.17) is 9.47 Å². The normalized spacial score (nSPS) is 12.5. The molecule has 0 fully saturated rings. The molecule has 0 amide bonds. The van der Waals surface area contributed by atoms with Crippen molar-refractivity contribution < 1.29 is 9.47 Å². The summed E-state index contributed by atoms with van der Waals surface area (Å²) in [5.74, 6) is 3.34. The lowest BCUT2D eigenvalue weighted by atomic mass is 9.34. The minimum absolute atomic E-state index is 0.0593. The van der Waals surface area contributed by atoms with E-state index in [-0.39, 0.29) is 6.71 Å². The second-order valence-corrected chi connectivity index (χ2v) is 17.2. The number of ether oxygens (including phenoxy) is 2. The van der Waals surface area contributed by atoms with E-state index in [2.05, 4.69) is 234 Å². The van der Waals surface area contributed by atoms with Gasteiger partial charge < -0.3 is 18.6 Å². The van der Waals surface area contributed by atoms with Crippen LogP contribution in [-0.2, 0) is 0 Å². The van der Waals surface area contributed by atoms with Crippen molar-refractivity contribution in [2.45, 2.75) is 0 Å². The minimum atomic E-state index is -0.0593. The molecule has 0 atom stereocenters. The summed E-state index contributed by atoms with van der Waals surface area (Å²) in [6, 6.07) is 80.7. The monoisotopic (exact) mass is 828 g/mol. The van der Waals surface area contributed by atoms with Crippen molar-refractivity contribution in [3.63, 3.8) is 0 Å². The van der Waals surface area contributed by atoms with Crippen LogP contribution < -0.4 is 25.9 Å². The first-order valence-electron chi connectivity index (χ1n) is 22.3. The van der Waals surface area contributed by atoms with Crippen molar-refractivity contribution in [3.8, 4) is 67.8 Å². The fourth-order valence-electron chi connectivity index (χ4n) is 10.7. The maximum atomic E-state index is 7.03. The van der Waals surface area contributed by atoms with Crippen molar-refractivity contribution in [1.82, 2.24) is 9.13 Å². The lowest BCUT2D eigenvalue weighted by Gasteiger charge is -2.34. The molecule has 2 aliphatic heterocycles. The lowest BCUT2D eigenvalue weighted by molar-refractivity contribution is 0.464. The van der Waals surface area contributed by atoms with E-state index in [0.717, 1.165) is 84.0 Å². The molecule has 12 aromatic rings. The molecule has 14 rings (SSSR count). The first-order valence-corrected chi connectivity index (χ1v) is 22.3. The van der Waals surface area contributed by atoms with Gasteiger partial charge in [-0.25, -0.2) is 0 Å². The van der Waals surface area contributed by atoms with Gasteiger partial charge in [0, 0.05) is 44.8 Å². The third-order valence-electron chi connectivity index (χ3n) is 13.6. The molecule has 0 N–H and O–H groups in total. The SMILES string of the molecule is c1ccc(-c2ccc3c(c2)Oc2cc(-n4c5ccccc5c5cc(-c6ccc7c(c6)c6ccccc6n7-c6ccccc6)ccc54)cc4c2B3c2ccc(-c3ccccc3)cc2O4)cc1. The van der Waals surface area contributed by atoms with E-state index in [1.165, 1.54) is 43.7 Å². The van der Waals surface area contributed by atoms with E-state index in [1.807, 2.05) is 0 Å². The molecule has 4 nitrogen and oxygen atoms in total. The third-order valence-corrected chi connectivity index (χ3v) is 13.6. The highest BCUT2D eigenvalue weighted by atomic mass is 16.5. The van der Waals surface area contributed by atoms with E-state index >= 15 is 0 Å². The van der Waals surface area contributed by atoms with Crippen LogP contribution in [-0.4, -0.2) is 15.8 Å². The Morgan fingerprint density at radius 3 is 1.18 bits per heavy atom. The number of para-hydroxylation sites is 3. The second kappa shape index (κ2) is 14.0. The Hall–Kier alpha value is -8.54. The average molecular weight is 829 g/mol. The van der Waals surface area contributed by atoms with E-state index in [1.54, 1.807) is 0 Å². The van der Waals surface area contributed by atoms with Crippen molar-refractivity contribution in [1.29, 1.82) is 0 Å². The molecule has 0 saturated carbocycles. The summed E-state index contributed by atoms with van der Waals surface area (Å²) in [6.07, 6.45) is 0. The lowest BCUT2D eigenvalue weighted by Crippen LogP contribution is -2.57. The topological polar surface area (TPSA) is 28.3 Å². The van der Waals surface area contributed by atoms with E-state index < -0.39 is 0 Å². The first-order chi connectivity index (χ1) is 32.2. The number of aromatic nitrogens is 2. The Labute approximate surface area is 375 Å². The molecule has 0 spiro atoms. The molecule has 0 unspecified atom stereocenters. The maximum Gasteiger partial charge on any atom is 0.260 e. The van der Waals surface area contributed by atoms with Gasteiger partial charge in [-0.05, 0) is 105 Å². The second-order valence-electron chi connectivity index (χ2n) is 17.2. The van der Waals surface area contributed by atoms with Gasteiger partial charge in [0.15, 0.2) is 0 Å². The molecule has 5 heteroatoms. The zero-order valence-electron chi connectivity index (χ0n) is 35.2. The molecule has 0 radical (unpaired) electrons. The fraction of sp³-hybridized carbons (Fsp3) is 0. The van der Waals surface area contributed by atoms with Crippen LogP contribution in [0.5, 0.6) is 23.0 Å². The van der Waals surface area contributed by atoms with Crippen LogP contribution >= 0.6 is 0 Å². The molecule has 0 aliphatic carbocycles. The summed E-state index contributed by atoms with van der Waals surface area (Å²) in [5.41, 5.74) is 17.0. The predicted octanol–water partition coefficient (Wildman–Crippen LogP) is 13.6. The number of fused-ring (bicyclic) bond motifs is 10. The summed E-state index contributed by atoms with van der Waals surface area (Å²) in [5, 5.41) is 4.85. The molecule has 65 heavy (non-hydrogen) atoms. The van der Waals surface area contributed by atoms with Crippen LogP contribution in [0, 0.1) is 0 Å². The number of nitrogens with zero attached hydrogens (tertiary/aromatic N) is 2. The summed E-state index contributed by atoms with van der Waals surface area (Å²) >= 11 is 0. The summed E-state index contributed by atoms with van der Waals surface area (Å²) in [6.45, 7) is -0.0593. The quantitative estimate of drug-likeness (QED) is 0.162. The van der Waals surface area contributed by atoms with Crippen LogP contribution in [0.4, 0.5) is 0 Å². The highest BCUT2D eigenvalue weighted by Gasteiger charge is 2.41. The summed E-state index contributed by atoms with van der Waals surface area (Å²) in [4.78, 5) is 0. The molecule has 0 bridgehead atoms. The number of hydrogen-bond acceptors (Lipinski definition) is 2.